The van der Waals surface area contributed by atoms with E-state index in [0.717, 1.165) is 5.69 Å². The second-order valence-electron chi connectivity index (χ2n) is 3.81. The molecule has 94 valence electrons. The topological polar surface area (TPSA) is 69.0 Å². The van der Waals surface area contributed by atoms with Crippen LogP contribution < -0.4 is 10.1 Å². The Morgan fingerprint density at radius 3 is 3.00 bits per heavy atom. The Balaban J connectivity index is 2.01. The van der Waals surface area contributed by atoms with Crippen LogP contribution >= 0.6 is 0 Å². The lowest BCUT2D eigenvalue weighted by atomic mass is 10.3. The van der Waals surface area contributed by atoms with Gasteiger partial charge in [0.15, 0.2) is 0 Å². The van der Waals surface area contributed by atoms with Crippen LogP contribution in [0.2, 0.25) is 0 Å². The molecule has 1 heterocycles. The van der Waals surface area contributed by atoms with Crippen molar-refractivity contribution in [1.29, 1.82) is 0 Å². The van der Waals surface area contributed by atoms with Crippen LogP contribution in [0, 0.1) is 6.92 Å². The van der Waals surface area contributed by atoms with Crippen molar-refractivity contribution in [3.63, 3.8) is 0 Å². The number of aromatic nitrogens is 3. The number of methoxy groups -OCH3 is 1. The predicted octanol–water partition coefficient (Wildman–Crippen LogP) is 1.23. The van der Waals surface area contributed by atoms with E-state index in [1.165, 1.54) is 4.68 Å². The van der Waals surface area contributed by atoms with Crippen LogP contribution in [-0.4, -0.2) is 28.0 Å². The molecular weight excluding hydrogens is 232 g/mol. The Bertz CT molecular complexity index is 551. The summed E-state index contributed by atoms with van der Waals surface area (Å²) < 4.78 is 6.62. The van der Waals surface area contributed by atoms with Crippen LogP contribution in [0.15, 0.2) is 30.5 Å². The average molecular weight is 246 g/mol. The Morgan fingerprint density at radius 1 is 1.50 bits per heavy atom. The molecule has 1 amide bonds. The molecule has 0 spiro atoms. The zero-order chi connectivity index (χ0) is 13.0. The van der Waals surface area contributed by atoms with Crippen LogP contribution in [0.5, 0.6) is 5.75 Å². The smallest absolute Gasteiger partial charge is 0.246 e. The SMILES string of the molecule is COc1cccc(NC(=O)Cn2nncc2C)c1. The van der Waals surface area contributed by atoms with E-state index in [2.05, 4.69) is 15.6 Å². The number of nitrogens with zero attached hydrogens (tertiary/aromatic N) is 3. The van der Waals surface area contributed by atoms with Gasteiger partial charge in [-0.25, -0.2) is 4.68 Å². The van der Waals surface area contributed by atoms with Crippen molar-refractivity contribution in [3.8, 4) is 5.75 Å². The maximum atomic E-state index is 11.8. The maximum absolute atomic E-state index is 11.8. The van der Waals surface area contributed by atoms with Crippen molar-refractivity contribution in [1.82, 2.24) is 15.0 Å². The quantitative estimate of drug-likeness (QED) is 0.881. The van der Waals surface area contributed by atoms with Crippen molar-refractivity contribution >= 4 is 11.6 Å². The number of hydrogen-bond acceptors (Lipinski definition) is 4. The van der Waals surface area contributed by atoms with Crippen LogP contribution in [0.3, 0.4) is 0 Å². The van der Waals surface area contributed by atoms with Gasteiger partial charge in [-0.15, -0.1) is 5.10 Å². The van der Waals surface area contributed by atoms with Gasteiger partial charge in [-0.3, -0.25) is 4.79 Å². The average Bonchev–Trinajstić information content (AvgIpc) is 2.75. The van der Waals surface area contributed by atoms with Gasteiger partial charge in [0.1, 0.15) is 12.3 Å². The van der Waals surface area contributed by atoms with Gasteiger partial charge < -0.3 is 10.1 Å². The molecule has 1 N–H and O–H groups in total. The second-order valence-corrected chi connectivity index (χ2v) is 3.81. The molecule has 1 aromatic heterocycles. The molecule has 0 saturated carbocycles. The minimum atomic E-state index is -0.156. The minimum Gasteiger partial charge on any atom is -0.497 e. The number of benzene rings is 1. The molecular formula is C12H14N4O2. The van der Waals surface area contributed by atoms with E-state index in [4.69, 9.17) is 4.74 Å². The lowest BCUT2D eigenvalue weighted by Gasteiger charge is -2.07. The molecule has 0 unspecified atom stereocenters. The summed E-state index contributed by atoms with van der Waals surface area (Å²) in [7, 11) is 1.58. The zero-order valence-corrected chi connectivity index (χ0v) is 10.3. The van der Waals surface area contributed by atoms with Gasteiger partial charge >= 0.3 is 0 Å². The molecule has 18 heavy (non-hydrogen) atoms. The minimum absolute atomic E-state index is 0.142. The third kappa shape index (κ3) is 2.85. The first kappa shape index (κ1) is 12.1. The van der Waals surface area contributed by atoms with Gasteiger partial charge in [0.2, 0.25) is 5.91 Å². The predicted molar refractivity (Wildman–Crippen MR) is 66.4 cm³/mol. The zero-order valence-electron chi connectivity index (χ0n) is 10.3. The summed E-state index contributed by atoms with van der Waals surface area (Å²) in [6, 6.07) is 7.19. The Labute approximate surface area is 105 Å². The number of aryl methyl sites for hydroxylation is 1. The first-order chi connectivity index (χ1) is 8.69. The number of amides is 1. The van der Waals surface area contributed by atoms with E-state index < -0.39 is 0 Å². The maximum Gasteiger partial charge on any atom is 0.246 e. The van der Waals surface area contributed by atoms with E-state index in [-0.39, 0.29) is 12.5 Å². The van der Waals surface area contributed by atoms with E-state index in [0.29, 0.717) is 11.4 Å². The molecule has 0 radical (unpaired) electrons. The summed E-state index contributed by atoms with van der Waals surface area (Å²) in [5.74, 6) is 0.543. The van der Waals surface area contributed by atoms with Crippen molar-refractivity contribution in [2.45, 2.75) is 13.5 Å². The highest BCUT2D eigenvalue weighted by atomic mass is 16.5. The number of rotatable bonds is 4. The normalized spacial score (nSPS) is 10.1. The lowest BCUT2D eigenvalue weighted by molar-refractivity contribution is -0.117. The second kappa shape index (κ2) is 5.31. The molecule has 2 aromatic rings. The highest BCUT2D eigenvalue weighted by molar-refractivity contribution is 5.90. The summed E-state index contributed by atoms with van der Waals surface area (Å²) in [6.45, 7) is 1.99. The van der Waals surface area contributed by atoms with Crippen molar-refractivity contribution in [3.05, 3.63) is 36.2 Å². The number of carbonyl (C=O) groups excluding carboxylic acids is 1. The molecule has 0 aliphatic rings. The number of ether oxygens (including phenoxy) is 1. The van der Waals surface area contributed by atoms with E-state index >= 15 is 0 Å². The summed E-state index contributed by atoms with van der Waals surface area (Å²) in [6.07, 6.45) is 1.61. The number of anilines is 1. The van der Waals surface area contributed by atoms with Gasteiger partial charge in [-0.05, 0) is 19.1 Å². The van der Waals surface area contributed by atoms with Crippen LogP contribution in [0.25, 0.3) is 0 Å². The number of hydrogen-bond donors (Lipinski definition) is 1. The third-order valence-corrected chi connectivity index (χ3v) is 2.46. The highest BCUT2D eigenvalue weighted by Crippen LogP contribution is 2.16. The van der Waals surface area contributed by atoms with Crippen LogP contribution in [-0.2, 0) is 11.3 Å². The highest BCUT2D eigenvalue weighted by Gasteiger charge is 2.06. The molecule has 0 saturated heterocycles. The summed E-state index contributed by atoms with van der Waals surface area (Å²) >= 11 is 0. The van der Waals surface area contributed by atoms with Gasteiger partial charge in [0.05, 0.1) is 19.0 Å². The van der Waals surface area contributed by atoms with E-state index in [9.17, 15) is 4.79 Å². The molecule has 0 fully saturated rings. The summed E-state index contributed by atoms with van der Waals surface area (Å²) in [5, 5.41) is 10.3. The lowest BCUT2D eigenvalue weighted by Crippen LogP contribution is -2.20. The first-order valence-electron chi connectivity index (χ1n) is 5.48. The van der Waals surface area contributed by atoms with Crippen molar-refractivity contribution in [2.24, 2.45) is 0 Å². The molecule has 0 aliphatic carbocycles. The molecule has 6 nitrogen and oxygen atoms in total. The van der Waals surface area contributed by atoms with Crippen molar-refractivity contribution < 1.29 is 9.53 Å². The van der Waals surface area contributed by atoms with Crippen LogP contribution in [0.4, 0.5) is 5.69 Å². The Kier molecular flexibility index (Phi) is 3.57. The molecule has 2 rings (SSSR count). The first-order valence-corrected chi connectivity index (χ1v) is 5.48. The molecule has 6 heteroatoms. The molecule has 1 aromatic carbocycles. The summed E-state index contributed by atoms with van der Waals surface area (Å²) in [5.41, 5.74) is 1.54. The fourth-order valence-electron chi connectivity index (χ4n) is 1.50. The molecule has 0 atom stereocenters. The fourth-order valence-corrected chi connectivity index (χ4v) is 1.50. The Morgan fingerprint density at radius 2 is 2.33 bits per heavy atom. The number of carbonyl (C=O) groups is 1. The monoisotopic (exact) mass is 246 g/mol. The van der Waals surface area contributed by atoms with Gasteiger partial charge in [0, 0.05) is 11.8 Å². The molecule has 0 aliphatic heterocycles. The fraction of sp³-hybridized carbons (Fsp3) is 0.250. The van der Waals surface area contributed by atoms with E-state index in [1.807, 2.05) is 19.1 Å². The van der Waals surface area contributed by atoms with E-state index in [1.54, 1.807) is 25.4 Å². The third-order valence-electron chi connectivity index (χ3n) is 2.46. The van der Waals surface area contributed by atoms with Gasteiger partial charge in [0.25, 0.3) is 0 Å². The standard InChI is InChI=1S/C12H14N4O2/c1-9-7-13-15-16(9)8-12(17)14-10-4-3-5-11(6-10)18-2/h3-7H,8H2,1-2H3,(H,14,17). The summed E-state index contributed by atoms with van der Waals surface area (Å²) in [4.78, 5) is 11.8. The molecule has 0 bridgehead atoms. The van der Waals surface area contributed by atoms with Crippen molar-refractivity contribution in [2.75, 3.05) is 12.4 Å². The van der Waals surface area contributed by atoms with Gasteiger partial charge in [-0.2, -0.15) is 0 Å². The van der Waals surface area contributed by atoms with Crippen LogP contribution in [0.1, 0.15) is 5.69 Å². The Hall–Kier alpha value is -2.37. The largest absolute Gasteiger partial charge is 0.497 e. The van der Waals surface area contributed by atoms with Gasteiger partial charge in [-0.1, -0.05) is 11.3 Å². The number of nitrogens with one attached hydrogen (secondary N) is 1.